The molecule has 0 heterocycles. The highest BCUT2D eigenvalue weighted by Gasteiger charge is 2.19. The number of rotatable bonds is 6. The Balaban J connectivity index is 0.000000453. The Morgan fingerprint density at radius 3 is 2.21 bits per heavy atom. The molecule has 53 heavy (non-hydrogen) atoms. The van der Waals surface area contributed by atoms with Crippen LogP contribution in [0.5, 0.6) is 0 Å². The van der Waals surface area contributed by atoms with Crippen LogP contribution in [0.15, 0.2) is 119 Å². The van der Waals surface area contributed by atoms with Crippen LogP contribution in [0, 0.1) is 19.3 Å². The molecule has 0 unspecified atom stereocenters. The second kappa shape index (κ2) is 20.1. The summed E-state index contributed by atoms with van der Waals surface area (Å²) in [5, 5.41) is 20.1. The maximum Gasteiger partial charge on any atom is 0.0644 e. The van der Waals surface area contributed by atoms with Crippen LogP contribution in [0.4, 0.5) is 0 Å². The molecule has 3 N–H and O–H groups in total. The van der Waals surface area contributed by atoms with Crippen LogP contribution in [-0.4, -0.2) is 12.4 Å². The molecule has 0 saturated heterocycles. The van der Waals surface area contributed by atoms with Crippen molar-refractivity contribution in [1.82, 2.24) is 0 Å². The topological polar surface area (TPSA) is 62.2 Å². The van der Waals surface area contributed by atoms with Gasteiger partial charge in [-0.15, -0.1) is 0 Å². The zero-order valence-electron chi connectivity index (χ0n) is 33.2. The van der Waals surface area contributed by atoms with Crippen molar-refractivity contribution in [3.05, 3.63) is 153 Å². The van der Waals surface area contributed by atoms with Crippen LogP contribution >= 0.6 is 0 Å². The minimum absolute atomic E-state index is 0.640. The minimum Gasteiger partial charge on any atom is -0.324 e. The van der Waals surface area contributed by atoms with E-state index in [4.69, 9.17) is 5.41 Å². The van der Waals surface area contributed by atoms with Gasteiger partial charge >= 0.3 is 0 Å². The Morgan fingerprint density at radius 2 is 1.58 bits per heavy atom. The quantitative estimate of drug-likeness (QED) is 0.0894. The molecule has 0 aromatic heterocycles. The second-order valence-electron chi connectivity index (χ2n) is 13.5. The van der Waals surface area contributed by atoms with E-state index in [1.54, 1.807) is 0 Å². The number of hydrazone groups is 1. The van der Waals surface area contributed by atoms with Crippen molar-refractivity contribution < 1.29 is 0 Å². The zero-order chi connectivity index (χ0) is 38.3. The van der Waals surface area contributed by atoms with E-state index in [9.17, 15) is 0 Å². The number of nitrogens with two attached hydrogens (primary N) is 1. The third-order valence-electron chi connectivity index (χ3n) is 9.97. The number of hydrogen-bond acceptors (Lipinski definition) is 3. The fraction of sp³-hybridized carbons (Fsp3) is 0.280. The van der Waals surface area contributed by atoms with Crippen LogP contribution in [-0.2, 0) is 0 Å². The fourth-order valence-corrected chi connectivity index (χ4v) is 7.41. The maximum atomic E-state index is 9.04. The molecule has 0 bridgehead atoms. The molecule has 0 fully saturated rings. The second-order valence-corrected chi connectivity index (χ2v) is 13.5. The first kappa shape index (κ1) is 40.5. The molecule has 3 heteroatoms. The van der Waals surface area contributed by atoms with Gasteiger partial charge in [0.15, 0.2) is 0 Å². The molecule has 0 atom stereocenters. The highest BCUT2D eigenvalue weighted by molar-refractivity contribution is 6.15. The van der Waals surface area contributed by atoms with Crippen LogP contribution in [0.3, 0.4) is 0 Å². The first-order chi connectivity index (χ1) is 25.8. The van der Waals surface area contributed by atoms with E-state index < -0.39 is 0 Å². The first-order valence-corrected chi connectivity index (χ1v) is 19.4. The van der Waals surface area contributed by atoms with Gasteiger partial charge in [0.1, 0.15) is 0 Å². The highest BCUT2D eigenvalue weighted by atomic mass is 15.1. The summed E-state index contributed by atoms with van der Waals surface area (Å²) in [6.45, 7) is 17.7. The molecular weight excluding hydrogens is 643 g/mol. The fourth-order valence-electron chi connectivity index (χ4n) is 7.41. The lowest BCUT2D eigenvalue weighted by Gasteiger charge is -2.21. The van der Waals surface area contributed by atoms with Gasteiger partial charge in [-0.3, -0.25) is 5.41 Å². The summed E-state index contributed by atoms with van der Waals surface area (Å²) < 4.78 is 0. The molecule has 0 aliphatic heterocycles. The van der Waals surface area contributed by atoms with Gasteiger partial charge in [0.25, 0.3) is 0 Å². The largest absolute Gasteiger partial charge is 0.324 e. The minimum atomic E-state index is 0.640. The average molecular weight is 702 g/mol. The van der Waals surface area contributed by atoms with E-state index in [0.717, 1.165) is 43.2 Å². The van der Waals surface area contributed by atoms with Gasteiger partial charge in [-0.1, -0.05) is 136 Å². The first-order valence-electron chi connectivity index (χ1n) is 19.4. The molecule has 0 saturated carbocycles. The predicted octanol–water partition coefficient (Wildman–Crippen LogP) is 12.4. The number of aryl methyl sites for hydroxylation is 2. The van der Waals surface area contributed by atoms with Crippen molar-refractivity contribution >= 4 is 57.3 Å². The van der Waals surface area contributed by atoms with Crippen molar-refractivity contribution in [1.29, 1.82) is 5.41 Å². The van der Waals surface area contributed by atoms with Gasteiger partial charge in [0, 0.05) is 12.3 Å². The molecule has 0 radical (unpaired) electrons. The van der Waals surface area contributed by atoms with Crippen molar-refractivity contribution in [2.24, 2.45) is 10.9 Å². The zero-order valence-corrected chi connectivity index (χ0v) is 33.2. The molecule has 0 spiro atoms. The Morgan fingerprint density at radius 1 is 0.849 bits per heavy atom. The highest BCUT2D eigenvalue weighted by Crippen LogP contribution is 2.36. The van der Waals surface area contributed by atoms with Gasteiger partial charge in [-0.25, -0.2) is 0 Å². The summed E-state index contributed by atoms with van der Waals surface area (Å²) in [6, 6.07) is 20.0. The number of benzene rings is 4. The number of hydrogen-bond donors (Lipinski definition) is 2. The molecule has 4 aromatic carbocycles. The van der Waals surface area contributed by atoms with E-state index in [1.165, 1.54) is 83.8 Å². The van der Waals surface area contributed by atoms with E-state index in [0.29, 0.717) is 5.71 Å². The van der Waals surface area contributed by atoms with Crippen molar-refractivity contribution in [2.75, 3.05) is 0 Å². The molecule has 3 aliphatic carbocycles. The Labute approximate surface area is 318 Å². The van der Waals surface area contributed by atoms with Gasteiger partial charge in [-0.05, 0) is 150 Å². The maximum absolute atomic E-state index is 9.04. The van der Waals surface area contributed by atoms with Crippen LogP contribution in [0.25, 0.3) is 44.8 Å². The van der Waals surface area contributed by atoms with E-state index >= 15 is 0 Å². The van der Waals surface area contributed by atoms with Gasteiger partial charge in [0.2, 0.25) is 0 Å². The van der Waals surface area contributed by atoms with E-state index in [1.807, 2.05) is 13.8 Å². The van der Waals surface area contributed by atoms with Crippen molar-refractivity contribution in [2.45, 2.75) is 93.4 Å². The smallest absolute Gasteiger partial charge is 0.0644 e. The molecule has 274 valence electrons. The van der Waals surface area contributed by atoms with Crippen LogP contribution in [0.2, 0.25) is 0 Å². The number of nitrogens with zero attached hydrogens (tertiary/aromatic N) is 1. The van der Waals surface area contributed by atoms with E-state index in [-0.39, 0.29) is 0 Å². The average Bonchev–Trinajstić information content (AvgIpc) is 3.19. The van der Waals surface area contributed by atoms with Crippen LogP contribution < -0.4 is 16.3 Å². The third kappa shape index (κ3) is 9.59. The predicted molar refractivity (Wildman–Crippen MR) is 237 cm³/mol. The Kier molecular flexibility index (Phi) is 15.3. The van der Waals surface area contributed by atoms with Crippen LogP contribution in [0.1, 0.15) is 107 Å². The molecule has 4 aromatic rings. The molecule has 3 aliphatic rings. The van der Waals surface area contributed by atoms with Crippen molar-refractivity contribution in [3.63, 3.8) is 0 Å². The molecule has 7 rings (SSSR count). The summed E-state index contributed by atoms with van der Waals surface area (Å²) in [7, 11) is 0. The summed E-state index contributed by atoms with van der Waals surface area (Å²) in [6.07, 6.45) is 29.9. The van der Waals surface area contributed by atoms with Gasteiger partial charge in [0.05, 0.1) is 5.71 Å². The number of fused-ring (bicyclic) bond motifs is 6. The summed E-state index contributed by atoms with van der Waals surface area (Å²) >= 11 is 0. The summed E-state index contributed by atoms with van der Waals surface area (Å²) in [5.74, 6) is 4.36. The number of nitrogens with one attached hydrogen (secondary N) is 1. The summed E-state index contributed by atoms with van der Waals surface area (Å²) in [5.41, 5.74) is 12.1. The lowest BCUT2D eigenvalue weighted by Crippen LogP contribution is -2.31. The van der Waals surface area contributed by atoms with Crippen molar-refractivity contribution in [3.8, 4) is 0 Å². The van der Waals surface area contributed by atoms with Gasteiger partial charge < -0.3 is 5.84 Å². The number of allylic oxidation sites excluding steroid dienone is 11. The molecule has 3 nitrogen and oxygen atoms in total. The Bertz CT molecular complexity index is 2270. The lowest BCUT2D eigenvalue weighted by molar-refractivity contribution is 1.02. The van der Waals surface area contributed by atoms with Gasteiger partial charge in [-0.2, -0.15) is 5.10 Å². The SMILES string of the molecule is C/C=C/C1=c2c(c3ccccc3c3c(C4=CC=C(C(=N)c5ccc(C)c(/C=C\CC)c5)CC4)ccc(C)c23)=CCC1.C=NN.CC.CC1=CCCC=C1. The van der Waals surface area contributed by atoms with E-state index in [2.05, 4.69) is 168 Å². The monoisotopic (exact) mass is 701 g/mol. The Hall–Kier alpha value is -5.28. The lowest BCUT2D eigenvalue weighted by atomic mass is 9.83. The molecular formula is C50H59N3. The third-order valence-corrected chi connectivity index (χ3v) is 9.97. The molecule has 0 amide bonds. The standard InChI is InChI=1S/C40H39N.C7H10.C2H6.CH4N2/c1-5-7-12-31-25-32(19-17-26(31)3)40(41)30-22-20-28(21-23-30)33-24-18-27(4)37-38-29(11-6-2)13-10-16-35(38)34-14-8-9-15-36(34)39(33)37;1-7-5-3-2-4-6-7;1-2;1-3-2/h6-9,11-12,14-20,22,24-25,41H,5,10,13,21,23H2,1-4H3;3,5-6H,2,4H2,1H3;1-2H3;1-2H2/b11-6+,12-7-,41-40?;;;. The summed E-state index contributed by atoms with van der Waals surface area (Å²) in [4.78, 5) is 0. The normalized spacial score (nSPS) is 14.8.